The number of imide groups is 1. The number of benzene rings is 1. The Morgan fingerprint density at radius 1 is 1.36 bits per heavy atom. The van der Waals surface area contributed by atoms with Gasteiger partial charge in [0.05, 0.1) is 17.9 Å². The molecule has 1 N–H and O–H groups in total. The van der Waals surface area contributed by atoms with Crippen molar-refractivity contribution in [1.82, 2.24) is 14.7 Å². The fraction of sp³-hybridized carbons (Fsp3) is 0.333. The number of halogens is 2. The van der Waals surface area contributed by atoms with Crippen LogP contribution in [0.25, 0.3) is 0 Å². The number of anilines is 1. The lowest BCUT2D eigenvalue weighted by molar-refractivity contribution is -0.136. The molecule has 0 radical (unpaired) electrons. The highest BCUT2D eigenvalue weighted by atomic mass is 35.5. The number of carbonyl (C=O) groups is 3. The quantitative estimate of drug-likeness (QED) is 0.863. The van der Waals surface area contributed by atoms with Crippen LogP contribution in [0.5, 0.6) is 0 Å². The van der Waals surface area contributed by atoms with Crippen LogP contribution < -0.4 is 5.32 Å². The Morgan fingerprint density at radius 3 is 2.76 bits per heavy atom. The standard InChI is InChI=1S/C15H15ClFN5O3/c1-20-13-12(14(24)21(2)15(20)25)22(7-18-13)6-11(23)19-8-3-4-10(17)9(16)5-8/h3-5,7,12-13H,6H2,1-2H3,(H,19,23). The summed E-state index contributed by atoms with van der Waals surface area (Å²) >= 11 is 5.68. The highest BCUT2D eigenvalue weighted by Gasteiger charge is 2.48. The van der Waals surface area contributed by atoms with E-state index < -0.39 is 35.9 Å². The molecule has 0 saturated carbocycles. The minimum absolute atomic E-state index is 0.107. The molecule has 1 fully saturated rings. The van der Waals surface area contributed by atoms with Crippen molar-refractivity contribution in [2.75, 3.05) is 26.0 Å². The van der Waals surface area contributed by atoms with Gasteiger partial charge in [-0.1, -0.05) is 11.6 Å². The maximum Gasteiger partial charge on any atom is 0.328 e. The smallest absolute Gasteiger partial charge is 0.328 e. The van der Waals surface area contributed by atoms with Gasteiger partial charge in [0.15, 0.2) is 12.2 Å². The van der Waals surface area contributed by atoms with E-state index in [4.69, 9.17) is 11.6 Å². The Morgan fingerprint density at radius 2 is 2.08 bits per heavy atom. The molecule has 0 aliphatic carbocycles. The van der Waals surface area contributed by atoms with E-state index in [2.05, 4.69) is 10.3 Å². The Balaban J connectivity index is 1.70. The number of nitrogens with one attached hydrogen (secondary N) is 1. The van der Waals surface area contributed by atoms with Crippen LogP contribution in [0.3, 0.4) is 0 Å². The third-order valence-corrected chi connectivity index (χ3v) is 4.40. The van der Waals surface area contributed by atoms with Crippen LogP contribution in [0.15, 0.2) is 23.2 Å². The molecule has 2 aliphatic heterocycles. The lowest BCUT2D eigenvalue weighted by Gasteiger charge is -2.39. The molecule has 3 rings (SSSR count). The van der Waals surface area contributed by atoms with Gasteiger partial charge in [-0.15, -0.1) is 0 Å². The first-order valence-electron chi connectivity index (χ1n) is 7.38. The monoisotopic (exact) mass is 367 g/mol. The molecule has 1 aromatic rings. The third-order valence-electron chi connectivity index (χ3n) is 4.11. The van der Waals surface area contributed by atoms with Crippen molar-refractivity contribution in [1.29, 1.82) is 0 Å². The summed E-state index contributed by atoms with van der Waals surface area (Å²) in [4.78, 5) is 44.5. The highest BCUT2D eigenvalue weighted by molar-refractivity contribution is 6.31. The number of likely N-dealkylation sites (N-methyl/N-ethyl adjacent to an activating group) is 2. The van der Waals surface area contributed by atoms with Crippen LogP contribution in [0.1, 0.15) is 0 Å². The van der Waals surface area contributed by atoms with Crippen molar-refractivity contribution in [3.8, 4) is 0 Å². The Bertz CT molecular complexity index is 786. The Hall–Kier alpha value is -2.68. The number of nitrogens with zero attached hydrogens (tertiary/aromatic N) is 4. The van der Waals surface area contributed by atoms with Crippen molar-refractivity contribution in [2.24, 2.45) is 4.99 Å². The number of carbonyl (C=O) groups excluding carboxylic acids is 3. The second kappa shape index (κ2) is 6.32. The molecule has 0 aromatic heterocycles. The lowest BCUT2D eigenvalue weighted by atomic mass is 10.1. The number of fused-ring (bicyclic) bond motifs is 1. The van der Waals surface area contributed by atoms with Gasteiger partial charge in [-0.05, 0) is 18.2 Å². The Labute approximate surface area is 147 Å². The Kier molecular flexibility index (Phi) is 4.34. The largest absolute Gasteiger partial charge is 0.338 e. The maximum atomic E-state index is 13.2. The second-order valence-electron chi connectivity index (χ2n) is 5.76. The van der Waals surface area contributed by atoms with Gasteiger partial charge in [-0.25, -0.2) is 14.2 Å². The van der Waals surface area contributed by atoms with Crippen LogP contribution in [0, 0.1) is 5.82 Å². The number of rotatable bonds is 3. The summed E-state index contributed by atoms with van der Waals surface area (Å²) in [7, 11) is 2.93. The molecule has 2 atom stereocenters. The number of hydrogen-bond acceptors (Lipinski definition) is 5. The second-order valence-corrected chi connectivity index (χ2v) is 6.17. The van der Waals surface area contributed by atoms with Gasteiger partial charge in [-0.3, -0.25) is 14.5 Å². The molecule has 25 heavy (non-hydrogen) atoms. The van der Waals surface area contributed by atoms with Crippen molar-refractivity contribution in [3.05, 3.63) is 29.0 Å². The van der Waals surface area contributed by atoms with Crippen molar-refractivity contribution >= 4 is 41.5 Å². The predicted molar refractivity (Wildman–Crippen MR) is 88.7 cm³/mol. The molecule has 2 aliphatic rings. The van der Waals surface area contributed by atoms with Crippen molar-refractivity contribution in [3.63, 3.8) is 0 Å². The normalized spacial score (nSPS) is 22.5. The first-order chi connectivity index (χ1) is 11.8. The van der Waals surface area contributed by atoms with E-state index in [9.17, 15) is 18.8 Å². The van der Waals surface area contributed by atoms with E-state index in [1.807, 2.05) is 0 Å². The van der Waals surface area contributed by atoms with E-state index >= 15 is 0 Å². The molecule has 2 heterocycles. The van der Waals surface area contributed by atoms with Crippen LogP contribution >= 0.6 is 11.6 Å². The zero-order valence-corrected chi connectivity index (χ0v) is 14.2. The first-order valence-corrected chi connectivity index (χ1v) is 7.75. The molecule has 132 valence electrons. The summed E-state index contributed by atoms with van der Waals surface area (Å²) in [5.74, 6) is -1.44. The molecular weight excluding hydrogens is 353 g/mol. The molecule has 1 aromatic carbocycles. The van der Waals surface area contributed by atoms with E-state index in [0.717, 1.165) is 11.0 Å². The van der Waals surface area contributed by atoms with Crippen LogP contribution in [0.2, 0.25) is 5.02 Å². The molecule has 1 saturated heterocycles. The number of hydrogen-bond donors (Lipinski definition) is 1. The molecule has 4 amide bonds. The van der Waals surface area contributed by atoms with E-state index in [0.29, 0.717) is 5.69 Å². The van der Waals surface area contributed by atoms with Crippen LogP contribution in [-0.4, -0.2) is 71.7 Å². The molecule has 8 nitrogen and oxygen atoms in total. The minimum atomic E-state index is -0.754. The summed E-state index contributed by atoms with van der Waals surface area (Å²) in [6, 6.07) is 2.62. The molecule has 10 heteroatoms. The van der Waals surface area contributed by atoms with Gasteiger partial charge < -0.3 is 15.1 Å². The predicted octanol–water partition coefficient (Wildman–Crippen LogP) is 0.980. The summed E-state index contributed by atoms with van der Waals surface area (Å²) < 4.78 is 13.2. The minimum Gasteiger partial charge on any atom is -0.338 e. The van der Waals surface area contributed by atoms with Gasteiger partial charge in [0.25, 0.3) is 5.91 Å². The average Bonchev–Trinajstić information content (AvgIpc) is 2.98. The fourth-order valence-electron chi connectivity index (χ4n) is 2.78. The highest BCUT2D eigenvalue weighted by Crippen LogP contribution is 2.24. The SMILES string of the molecule is CN1C(=O)C2C(N=CN2CC(=O)Nc2ccc(F)c(Cl)c2)N(C)C1=O. The number of aliphatic imine (C=N–C) groups is 1. The van der Waals surface area contributed by atoms with Gasteiger partial charge >= 0.3 is 6.03 Å². The zero-order chi connectivity index (χ0) is 18.3. The van der Waals surface area contributed by atoms with Crippen molar-refractivity contribution < 1.29 is 18.8 Å². The number of urea groups is 1. The van der Waals surface area contributed by atoms with E-state index in [1.165, 1.54) is 35.3 Å². The summed E-state index contributed by atoms with van der Waals surface area (Å²) in [5.41, 5.74) is 0.337. The van der Waals surface area contributed by atoms with Gasteiger partial charge in [-0.2, -0.15) is 0 Å². The van der Waals surface area contributed by atoms with Crippen molar-refractivity contribution in [2.45, 2.75) is 12.2 Å². The first kappa shape index (κ1) is 17.2. The molecule has 0 bridgehead atoms. The fourth-order valence-corrected chi connectivity index (χ4v) is 2.96. The topological polar surface area (TPSA) is 85.3 Å². The summed E-state index contributed by atoms with van der Waals surface area (Å²) in [6.07, 6.45) is 0.720. The molecular formula is C15H15ClFN5O3. The van der Waals surface area contributed by atoms with Gasteiger partial charge in [0.1, 0.15) is 5.82 Å². The average molecular weight is 368 g/mol. The molecule has 2 unspecified atom stereocenters. The van der Waals surface area contributed by atoms with E-state index in [-0.39, 0.29) is 11.6 Å². The van der Waals surface area contributed by atoms with Gasteiger partial charge in [0, 0.05) is 19.8 Å². The summed E-state index contributed by atoms with van der Waals surface area (Å²) in [6.45, 7) is -0.152. The zero-order valence-electron chi connectivity index (χ0n) is 13.4. The summed E-state index contributed by atoms with van der Waals surface area (Å²) in [5, 5.41) is 2.47. The van der Waals surface area contributed by atoms with E-state index in [1.54, 1.807) is 7.05 Å². The third kappa shape index (κ3) is 3.02. The van der Waals surface area contributed by atoms with Gasteiger partial charge in [0.2, 0.25) is 5.91 Å². The number of amides is 4. The van der Waals surface area contributed by atoms with Crippen LogP contribution in [0.4, 0.5) is 14.9 Å². The van der Waals surface area contributed by atoms with Crippen LogP contribution in [-0.2, 0) is 9.59 Å². The maximum absolute atomic E-state index is 13.2. The lowest BCUT2D eigenvalue weighted by Crippen LogP contribution is -2.64. The molecule has 0 spiro atoms.